The number of nitrogens with one attached hydrogen (secondary N) is 1. The van der Waals surface area contributed by atoms with Crippen LogP contribution in [-0.2, 0) is 11.2 Å². The molecule has 1 N–H and O–H groups in total. The van der Waals surface area contributed by atoms with Crippen LogP contribution in [0.3, 0.4) is 0 Å². The maximum atomic E-state index is 12.7. The summed E-state index contributed by atoms with van der Waals surface area (Å²) < 4.78 is 0. The van der Waals surface area contributed by atoms with Gasteiger partial charge in [-0.15, -0.1) is 0 Å². The van der Waals surface area contributed by atoms with Crippen molar-refractivity contribution in [2.75, 3.05) is 45.2 Å². The van der Waals surface area contributed by atoms with Crippen molar-refractivity contribution in [2.45, 2.75) is 38.5 Å². The Morgan fingerprint density at radius 1 is 1.21 bits per heavy atom. The summed E-state index contributed by atoms with van der Waals surface area (Å²) in [6.45, 7) is 4.12. The first-order chi connectivity index (χ1) is 11.6. The molecule has 132 valence electrons. The topological polar surface area (TPSA) is 35.6 Å². The van der Waals surface area contributed by atoms with Gasteiger partial charge in [-0.2, -0.15) is 0 Å². The van der Waals surface area contributed by atoms with E-state index in [0.29, 0.717) is 17.7 Å². The molecule has 0 aliphatic carbocycles. The fourth-order valence-corrected chi connectivity index (χ4v) is 4.17. The largest absolute Gasteiger partial charge is 0.378 e. The van der Waals surface area contributed by atoms with Gasteiger partial charge >= 0.3 is 0 Å². The highest BCUT2D eigenvalue weighted by Gasteiger charge is 2.37. The Labute approximate surface area is 146 Å². The molecule has 1 amide bonds. The van der Waals surface area contributed by atoms with Gasteiger partial charge in [0.05, 0.1) is 0 Å². The zero-order chi connectivity index (χ0) is 17.0. The number of carbonyl (C=O) groups excluding carboxylic acids is 1. The van der Waals surface area contributed by atoms with Crippen LogP contribution in [0.15, 0.2) is 24.3 Å². The van der Waals surface area contributed by atoms with E-state index in [2.05, 4.69) is 39.4 Å². The van der Waals surface area contributed by atoms with Gasteiger partial charge < -0.3 is 15.1 Å². The number of rotatable bonds is 4. The zero-order valence-electron chi connectivity index (χ0n) is 15.2. The molecule has 1 atom stereocenters. The predicted octanol–water partition coefficient (Wildman–Crippen LogP) is 2.68. The van der Waals surface area contributed by atoms with Crippen molar-refractivity contribution in [2.24, 2.45) is 5.41 Å². The van der Waals surface area contributed by atoms with E-state index in [1.807, 2.05) is 14.1 Å². The van der Waals surface area contributed by atoms with Gasteiger partial charge in [-0.05, 0) is 56.3 Å². The molecule has 24 heavy (non-hydrogen) atoms. The molecular weight excluding hydrogens is 298 g/mol. The molecule has 2 heterocycles. The third kappa shape index (κ3) is 4.10. The summed E-state index contributed by atoms with van der Waals surface area (Å²) in [5.74, 6) is 0.330. The van der Waals surface area contributed by atoms with Crippen molar-refractivity contribution in [3.05, 3.63) is 29.8 Å². The molecule has 0 saturated carbocycles. The molecule has 0 aromatic heterocycles. The molecule has 1 aromatic carbocycles. The lowest BCUT2D eigenvalue weighted by Gasteiger charge is -2.45. The van der Waals surface area contributed by atoms with Gasteiger partial charge in [-0.1, -0.05) is 12.1 Å². The average molecular weight is 329 g/mol. The number of hydrogen-bond donors (Lipinski definition) is 1. The van der Waals surface area contributed by atoms with Crippen molar-refractivity contribution < 1.29 is 4.79 Å². The van der Waals surface area contributed by atoms with Crippen LogP contribution in [0.25, 0.3) is 0 Å². The van der Waals surface area contributed by atoms with Gasteiger partial charge in [0.1, 0.15) is 0 Å². The number of benzene rings is 1. The third-order valence-corrected chi connectivity index (χ3v) is 5.66. The van der Waals surface area contributed by atoms with Gasteiger partial charge in [0, 0.05) is 51.3 Å². The van der Waals surface area contributed by atoms with E-state index in [9.17, 15) is 4.79 Å². The van der Waals surface area contributed by atoms with Crippen LogP contribution in [0, 0.1) is 5.41 Å². The fraction of sp³-hybridized carbons (Fsp3) is 0.650. The normalized spacial score (nSPS) is 24.2. The van der Waals surface area contributed by atoms with Crippen LogP contribution in [0.1, 0.15) is 37.7 Å². The van der Waals surface area contributed by atoms with Crippen molar-refractivity contribution in [3.8, 4) is 0 Å². The minimum atomic E-state index is 0.330. The number of amides is 1. The maximum absolute atomic E-state index is 12.7. The number of piperidine rings is 2. The van der Waals surface area contributed by atoms with Crippen LogP contribution < -0.4 is 10.2 Å². The molecule has 2 fully saturated rings. The minimum absolute atomic E-state index is 0.330. The second-order valence-electron chi connectivity index (χ2n) is 7.76. The second-order valence-corrected chi connectivity index (χ2v) is 7.76. The molecule has 1 aromatic rings. The highest BCUT2D eigenvalue weighted by Crippen LogP contribution is 2.36. The molecule has 2 saturated heterocycles. The summed E-state index contributed by atoms with van der Waals surface area (Å²) >= 11 is 0. The first-order valence-corrected chi connectivity index (χ1v) is 9.33. The second kappa shape index (κ2) is 7.56. The first kappa shape index (κ1) is 17.3. The lowest BCUT2D eigenvalue weighted by molar-refractivity contribution is -0.135. The highest BCUT2D eigenvalue weighted by atomic mass is 16.2. The van der Waals surface area contributed by atoms with Crippen LogP contribution in [-0.4, -0.2) is 51.1 Å². The number of likely N-dealkylation sites (tertiary alicyclic amines) is 1. The number of aryl methyl sites for hydroxylation is 1. The van der Waals surface area contributed by atoms with E-state index in [4.69, 9.17) is 0 Å². The zero-order valence-corrected chi connectivity index (χ0v) is 15.2. The van der Waals surface area contributed by atoms with Crippen molar-refractivity contribution in [1.29, 1.82) is 0 Å². The Hall–Kier alpha value is -1.55. The lowest BCUT2D eigenvalue weighted by atomic mass is 9.74. The van der Waals surface area contributed by atoms with Crippen molar-refractivity contribution >= 4 is 11.6 Å². The molecule has 3 rings (SSSR count). The number of carbonyl (C=O) groups is 1. The maximum Gasteiger partial charge on any atom is 0.222 e. The fourth-order valence-electron chi connectivity index (χ4n) is 4.17. The van der Waals surface area contributed by atoms with E-state index in [-0.39, 0.29) is 0 Å². The van der Waals surface area contributed by atoms with E-state index >= 15 is 0 Å². The van der Waals surface area contributed by atoms with Crippen LogP contribution in [0.2, 0.25) is 0 Å². The van der Waals surface area contributed by atoms with E-state index < -0.39 is 0 Å². The Bertz CT molecular complexity index is 541. The summed E-state index contributed by atoms with van der Waals surface area (Å²) in [6, 6.07) is 8.55. The number of hydrogen-bond acceptors (Lipinski definition) is 3. The van der Waals surface area contributed by atoms with E-state index in [0.717, 1.165) is 39.0 Å². The Balaban J connectivity index is 1.52. The van der Waals surface area contributed by atoms with E-state index in [1.54, 1.807) is 0 Å². The molecule has 4 heteroatoms. The van der Waals surface area contributed by atoms with Gasteiger partial charge in [0.15, 0.2) is 0 Å². The Kier molecular flexibility index (Phi) is 5.44. The summed E-state index contributed by atoms with van der Waals surface area (Å²) in [4.78, 5) is 16.9. The molecule has 1 unspecified atom stereocenters. The van der Waals surface area contributed by atoms with Gasteiger partial charge in [-0.25, -0.2) is 0 Å². The standard InChI is InChI=1S/C20H31N3O/c1-22(2)18-8-5-17(6-9-18)7-10-19(24)23-14-4-12-20(16-23)11-3-13-21-15-20/h5-6,8-9,21H,3-4,7,10-16H2,1-2H3. The SMILES string of the molecule is CN(C)c1ccc(CCC(=O)N2CCCC3(CCCNC3)C2)cc1. The quantitative estimate of drug-likeness (QED) is 0.922. The van der Waals surface area contributed by atoms with E-state index in [1.165, 1.54) is 30.5 Å². The monoisotopic (exact) mass is 329 g/mol. The van der Waals surface area contributed by atoms with Crippen molar-refractivity contribution in [1.82, 2.24) is 10.2 Å². The summed E-state index contributed by atoms with van der Waals surface area (Å²) in [5, 5.41) is 3.54. The summed E-state index contributed by atoms with van der Waals surface area (Å²) in [7, 11) is 4.09. The highest BCUT2D eigenvalue weighted by molar-refractivity contribution is 5.76. The van der Waals surface area contributed by atoms with Crippen LogP contribution in [0.5, 0.6) is 0 Å². The molecule has 1 spiro atoms. The molecular formula is C20H31N3O. The Morgan fingerprint density at radius 3 is 2.62 bits per heavy atom. The Morgan fingerprint density at radius 2 is 1.96 bits per heavy atom. The van der Waals surface area contributed by atoms with Crippen LogP contribution in [0.4, 0.5) is 5.69 Å². The van der Waals surface area contributed by atoms with Gasteiger partial charge in [0.2, 0.25) is 5.91 Å². The van der Waals surface area contributed by atoms with Crippen molar-refractivity contribution in [3.63, 3.8) is 0 Å². The molecule has 2 aliphatic rings. The smallest absolute Gasteiger partial charge is 0.222 e. The first-order valence-electron chi connectivity index (χ1n) is 9.33. The lowest BCUT2D eigenvalue weighted by Crippen LogP contribution is -2.52. The van der Waals surface area contributed by atoms with Gasteiger partial charge in [0.25, 0.3) is 0 Å². The number of nitrogens with zero attached hydrogens (tertiary/aromatic N) is 2. The molecule has 0 radical (unpaired) electrons. The predicted molar refractivity (Wildman–Crippen MR) is 99.4 cm³/mol. The average Bonchev–Trinajstić information content (AvgIpc) is 2.60. The number of anilines is 1. The molecule has 4 nitrogen and oxygen atoms in total. The van der Waals surface area contributed by atoms with Gasteiger partial charge in [-0.3, -0.25) is 4.79 Å². The third-order valence-electron chi connectivity index (χ3n) is 5.66. The molecule has 2 aliphatic heterocycles. The summed E-state index contributed by atoms with van der Waals surface area (Å²) in [6.07, 6.45) is 6.43. The van der Waals surface area contributed by atoms with Crippen LogP contribution >= 0.6 is 0 Å². The minimum Gasteiger partial charge on any atom is -0.378 e. The molecule has 0 bridgehead atoms. The summed E-state index contributed by atoms with van der Waals surface area (Å²) in [5.41, 5.74) is 2.80.